The van der Waals surface area contributed by atoms with Crippen LogP contribution in [0.5, 0.6) is 11.5 Å². The SMILES string of the molecule is Cc1ccc(CCN2CCNCC2)c2c1OCO2. The summed E-state index contributed by atoms with van der Waals surface area (Å²) >= 11 is 0. The molecular weight excluding hydrogens is 228 g/mol. The van der Waals surface area contributed by atoms with Crippen LogP contribution in [-0.4, -0.2) is 44.4 Å². The first kappa shape index (κ1) is 11.8. The third-order valence-electron chi connectivity index (χ3n) is 3.70. The molecule has 4 heteroatoms. The summed E-state index contributed by atoms with van der Waals surface area (Å²) in [7, 11) is 0. The van der Waals surface area contributed by atoms with E-state index < -0.39 is 0 Å². The van der Waals surface area contributed by atoms with Gasteiger partial charge in [0.1, 0.15) is 0 Å². The van der Waals surface area contributed by atoms with Gasteiger partial charge in [-0.15, -0.1) is 0 Å². The zero-order valence-electron chi connectivity index (χ0n) is 10.9. The molecule has 98 valence electrons. The van der Waals surface area contributed by atoms with Gasteiger partial charge in [0, 0.05) is 32.7 Å². The maximum atomic E-state index is 5.60. The molecule has 18 heavy (non-hydrogen) atoms. The Kier molecular flexibility index (Phi) is 3.39. The molecule has 1 aromatic rings. The van der Waals surface area contributed by atoms with E-state index in [0.29, 0.717) is 6.79 Å². The lowest BCUT2D eigenvalue weighted by Gasteiger charge is -2.27. The van der Waals surface area contributed by atoms with E-state index in [2.05, 4.69) is 29.3 Å². The van der Waals surface area contributed by atoms with E-state index in [1.807, 2.05) is 0 Å². The molecule has 1 fully saturated rings. The van der Waals surface area contributed by atoms with Gasteiger partial charge >= 0.3 is 0 Å². The number of hydrogen-bond acceptors (Lipinski definition) is 4. The van der Waals surface area contributed by atoms with E-state index in [1.165, 1.54) is 5.56 Å². The van der Waals surface area contributed by atoms with Gasteiger partial charge in [0.05, 0.1) is 0 Å². The Hall–Kier alpha value is -1.26. The van der Waals surface area contributed by atoms with Crippen LogP contribution in [0.25, 0.3) is 0 Å². The number of hydrogen-bond donors (Lipinski definition) is 1. The number of fused-ring (bicyclic) bond motifs is 1. The van der Waals surface area contributed by atoms with Crippen LogP contribution >= 0.6 is 0 Å². The van der Waals surface area contributed by atoms with E-state index >= 15 is 0 Å². The van der Waals surface area contributed by atoms with Gasteiger partial charge in [-0.25, -0.2) is 0 Å². The fraction of sp³-hybridized carbons (Fsp3) is 0.571. The van der Waals surface area contributed by atoms with Crippen LogP contribution < -0.4 is 14.8 Å². The first-order chi connectivity index (χ1) is 8.84. The standard InChI is InChI=1S/C14H20N2O2/c1-11-2-3-12(14-13(11)17-10-18-14)4-7-16-8-5-15-6-9-16/h2-3,15H,4-10H2,1H3. The van der Waals surface area contributed by atoms with Crippen LogP contribution in [0.15, 0.2) is 12.1 Å². The second-order valence-electron chi connectivity index (χ2n) is 4.95. The average molecular weight is 248 g/mol. The summed E-state index contributed by atoms with van der Waals surface area (Å²) in [5.41, 5.74) is 2.43. The van der Waals surface area contributed by atoms with E-state index in [0.717, 1.165) is 56.2 Å². The first-order valence-electron chi connectivity index (χ1n) is 6.66. The lowest BCUT2D eigenvalue weighted by Crippen LogP contribution is -2.44. The fourth-order valence-electron chi connectivity index (χ4n) is 2.60. The van der Waals surface area contributed by atoms with Crippen molar-refractivity contribution in [1.29, 1.82) is 0 Å². The molecule has 2 aliphatic rings. The van der Waals surface area contributed by atoms with E-state index in [4.69, 9.17) is 9.47 Å². The Labute approximate surface area is 108 Å². The number of nitrogens with one attached hydrogen (secondary N) is 1. The van der Waals surface area contributed by atoms with Crippen molar-refractivity contribution < 1.29 is 9.47 Å². The zero-order valence-corrected chi connectivity index (χ0v) is 10.9. The van der Waals surface area contributed by atoms with Gasteiger partial charge in [-0.05, 0) is 24.5 Å². The summed E-state index contributed by atoms with van der Waals surface area (Å²) in [6.07, 6.45) is 1.03. The van der Waals surface area contributed by atoms with Crippen molar-refractivity contribution in [2.75, 3.05) is 39.5 Å². The molecule has 0 atom stereocenters. The molecule has 0 radical (unpaired) electrons. The Bertz CT molecular complexity index is 428. The molecule has 0 spiro atoms. The molecule has 0 aliphatic carbocycles. The van der Waals surface area contributed by atoms with Crippen molar-refractivity contribution in [2.24, 2.45) is 0 Å². The van der Waals surface area contributed by atoms with Gasteiger partial charge in [0.25, 0.3) is 0 Å². The third kappa shape index (κ3) is 2.31. The Balaban J connectivity index is 1.67. The van der Waals surface area contributed by atoms with E-state index in [1.54, 1.807) is 0 Å². The molecule has 1 saturated heterocycles. The second kappa shape index (κ2) is 5.16. The molecule has 2 heterocycles. The van der Waals surface area contributed by atoms with Gasteiger partial charge in [-0.1, -0.05) is 12.1 Å². The smallest absolute Gasteiger partial charge is 0.231 e. The maximum absolute atomic E-state index is 5.60. The van der Waals surface area contributed by atoms with Gasteiger partial charge < -0.3 is 19.7 Å². The van der Waals surface area contributed by atoms with Gasteiger partial charge in [-0.3, -0.25) is 0 Å². The van der Waals surface area contributed by atoms with Gasteiger partial charge in [0.2, 0.25) is 6.79 Å². The van der Waals surface area contributed by atoms with E-state index in [9.17, 15) is 0 Å². The van der Waals surface area contributed by atoms with Crippen molar-refractivity contribution in [2.45, 2.75) is 13.3 Å². The molecule has 0 saturated carbocycles. The summed E-state index contributed by atoms with van der Waals surface area (Å²) in [5.74, 6) is 1.90. The van der Waals surface area contributed by atoms with Crippen LogP contribution in [-0.2, 0) is 6.42 Å². The van der Waals surface area contributed by atoms with Crippen LogP contribution in [0, 0.1) is 6.92 Å². The molecule has 1 aromatic carbocycles. The predicted molar refractivity (Wildman–Crippen MR) is 70.3 cm³/mol. The fourth-order valence-corrected chi connectivity index (χ4v) is 2.60. The molecule has 0 aromatic heterocycles. The average Bonchev–Trinajstić information content (AvgIpc) is 2.90. The summed E-state index contributed by atoms with van der Waals surface area (Å²) in [6.45, 7) is 8.02. The molecule has 3 rings (SSSR count). The summed E-state index contributed by atoms with van der Waals surface area (Å²) < 4.78 is 11.1. The summed E-state index contributed by atoms with van der Waals surface area (Å²) in [5, 5.41) is 3.38. The number of piperazine rings is 1. The van der Waals surface area contributed by atoms with Crippen LogP contribution in [0.4, 0.5) is 0 Å². The van der Waals surface area contributed by atoms with Crippen LogP contribution in [0.2, 0.25) is 0 Å². The lowest BCUT2D eigenvalue weighted by atomic mass is 10.1. The highest BCUT2D eigenvalue weighted by atomic mass is 16.7. The van der Waals surface area contributed by atoms with Crippen molar-refractivity contribution in [3.63, 3.8) is 0 Å². The minimum atomic E-state index is 0.362. The Morgan fingerprint density at radius 1 is 1.17 bits per heavy atom. The number of benzene rings is 1. The molecule has 0 unspecified atom stereocenters. The van der Waals surface area contributed by atoms with Crippen molar-refractivity contribution in [3.05, 3.63) is 23.3 Å². The summed E-state index contributed by atoms with van der Waals surface area (Å²) in [6, 6.07) is 4.30. The molecular formula is C14H20N2O2. The normalized spacial score (nSPS) is 19.2. The highest BCUT2D eigenvalue weighted by Gasteiger charge is 2.20. The number of nitrogens with zero attached hydrogens (tertiary/aromatic N) is 1. The molecule has 4 nitrogen and oxygen atoms in total. The Morgan fingerprint density at radius 3 is 2.78 bits per heavy atom. The first-order valence-corrected chi connectivity index (χ1v) is 6.66. The maximum Gasteiger partial charge on any atom is 0.231 e. The minimum Gasteiger partial charge on any atom is -0.453 e. The minimum absolute atomic E-state index is 0.362. The number of ether oxygens (including phenoxy) is 2. The third-order valence-corrected chi connectivity index (χ3v) is 3.70. The monoisotopic (exact) mass is 248 g/mol. The quantitative estimate of drug-likeness (QED) is 0.870. The van der Waals surface area contributed by atoms with Crippen molar-refractivity contribution in [1.82, 2.24) is 10.2 Å². The van der Waals surface area contributed by atoms with E-state index in [-0.39, 0.29) is 0 Å². The van der Waals surface area contributed by atoms with Crippen LogP contribution in [0.3, 0.4) is 0 Å². The molecule has 2 aliphatic heterocycles. The summed E-state index contributed by atoms with van der Waals surface area (Å²) in [4.78, 5) is 2.50. The van der Waals surface area contributed by atoms with Crippen molar-refractivity contribution >= 4 is 0 Å². The highest BCUT2D eigenvalue weighted by molar-refractivity contribution is 5.53. The number of rotatable bonds is 3. The highest BCUT2D eigenvalue weighted by Crippen LogP contribution is 2.38. The lowest BCUT2D eigenvalue weighted by molar-refractivity contribution is 0.172. The predicted octanol–water partition coefficient (Wildman–Crippen LogP) is 1.17. The van der Waals surface area contributed by atoms with Gasteiger partial charge in [0.15, 0.2) is 11.5 Å². The second-order valence-corrected chi connectivity index (χ2v) is 4.95. The topological polar surface area (TPSA) is 33.7 Å². The zero-order chi connectivity index (χ0) is 12.4. The van der Waals surface area contributed by atoms with Gasteiger partial charge in [-0.2, -0.15) is 0 Å². The van der Waals surface area contributed by atoms with Crippen LogP contribution in [0.1, 0.15) is 11.1 Å². The molecule has 0 amide bonds. The molecule has 0 bridgehead atoms. The largest absolute Gasteiger partial charge is 0.453 e. The molecule has 1 N–H and O–H groups in total. The Morgan fingerprint density at radius 2 is 1.94 bits per heavy atom. The number of aryl methyl sites for hydroxylation is 1. The van der Waals surface area contributed by atoms with Crippen molar-refractivity contribution in [3.8, 4) is 11.5 Å².